The van der Waals surface area contributed by atoms with Gasteiger partial charge in [0.05, 0.1) is 5.60 Å². The molecule has 0 atom stereocenters. The zero-order valence-electron chi connectivity index (χ0n) is 19.2. The maximum Gasteiger partial charge on any atom is 0.278 e. The van der Waals surface area contributed by atoms with Crippen LogP contribution in [0.15, 0.2) is 45.3 Å². The van der Waals surface area contributed by atoms with Crippen LogP contribution in [0.25, 0.3) is 0 Å². The summed E-state index contributed by atoms with van der Waals surface area (Å²) in [5.41, 5.74) is -2.43. The largest absolute Gasteiger partial charge is 0.386 e. The van der Waals surface area contributed by atoms with Gasteiger partial charge in [0.25, 0.3) is 11.4 Å². The first kappa shape index (κ1) is 32.2. The zero-order valence-corrected chi connectivity index (χ0v) is 23.2. The molecule has 0 bridgehead atoms. The topological polar surface area (TPSA) is 23.5 Å². The zero-order chi connectivity index (χ0) is 26.2. The third-order valence-corrected chi connectivity index (χ3v) is 6.55. The fourth-order valence-electron chi connectivity index (χ4n) is 2.66. The van der Waals surface area contributed by atoms with Crippen molar-refractivity contribution in [1.29, 1.82) is 0 Å². The molecular weight excluding hydrogens is 600 g/mol. The first-order valence-electron chi connectivity index (χ1n) is 9.85. The molecule has 0 aromatic heterocycles. The van der Waals surface area contributed by atoms with E-state index in [1.807, 2.05) is 0 Å². The van der Waals surface area contributed by atoms with Crippen LogP contribution in [-0.4, -0.2) is 22.5 Å². The Balaban J connectivity index is 0.000000472. The number of nitrogens with zero attached hydrogens (tertiary/aromatic N) is 1. The molecule has 2 rings (SSSR count). The first-order chi connectivity index (χ1) is 14.9. The molecule has 0 heterocycles. The molecule has 0 saturated carbocycles. The Morgan fingerprint density at radius 1 is 0.818 bits per heavy atom. The van der Waals surface area contributed by atoms with Crippen LogP contribution < -0.4 is 0 Å². The van der Waals surface area contributed by atoms with Gasteiger partial charge in [0.1, 0.15) is 17.3 Å². The highest BCUT2D eigenvalue weighted by Crippen LogP contribution is 2.56. The minimum atomic E-state index is -4.93. The molecule has 190 valence electrons. The molecule has 0 saturated heterocycles. The number of halogens is 8. The lowest BCUT2D eigenvalue weighted by molar-refractivity contribution is 0.0737. The fourth-order valence-corrected chi connectivity index (χ4v) is 4.89. The van der Waals surface area contributed by atoms with Gasteiger partial charge in [0, 0.05) is 33.2 Å². The van der Waals surface area contributed by atoms with Gasteiger partial charge in [-0.3, -0.25) is 0 Å². The van der Waals surface area contributed by atoms with E-state index in [1.165, 1.54) is 45.9 Å². The first-order valence-corrected chi connectivity index (χ1v) is 12.7. The number of rotatable bonds is 5. The summed E-state index contributed by atoms with van der Waals surface area (Å²) in [5, 5.41) is 9.58. The lowest BCUT2D eigenvalue weighted by atomic mass is 9.98. The Hall–Kier alpha value is -0.750. The quantitative estimate of drug-likeness (QED) is 0.334. The van der Waals surface area contributed by atoms with Gasteiger partial charge in [-0.15, -0.1) is 11.7 Å². The van der Waals surface area contributed by atoms with Crippen molar-refractivity contribution in [2.45, 2.75) is 52.8 Å². The third-order valence-electron chi connectivity index (χ3n) is 4.13. The highest BCUT2D eigenvalue weighted by atomic mass is 79.9. The van der Waals surface area contributed by atoms with Crippen molar-refractivity contribution in [3.63, 3.8) is 0 Å². The van der Waals surface area contributed by atoms with Crippen LogP contribution in [0.4, 0.5) is 24.8 Å². The summed E-state index contributed by atoms with van der Waals surface area (Å²) in [4.78, 5) is 0. The predicted molar refractivity (Wildman–Crippen MR) is 131 cm³/mol. The van der Waals surface area contributed by atoms with E-state index in [2.05, 4.69) is 31.9 Å². The highest BCUT2D eigenvalue weighted by Gasteiger charge is 2.28. The molecule has 1 N–H and O–H groups in total. The molecule has 33 heavy (non-hydrogen) atoms. The summed E-state index contributed by atoms with van der Waals surface area (Å²) >= 11 is 1.35. The summed E-state index contributed by atoms with van der Waals surface area (Å²) in [6.07, 6.45) is 0. The molecule has 0 radical (unpaired) electrons. The Labute approximate surface area is 211 Å². The van der Waals surface area contributed by atoms with Crippen molar-refractivity contribution in [3.05, 3.63) is 68.1 Å². The molecule has 0 amide bonds. The minimum absolute atomic E-state index is 0.0648. The van der Waals surface area contributed by atoms with Crippen molar-refractivity contribution in [3.8, 4) is 0 Å². The van der Waals surface area contributed by atoms with Crippen LogP contribution in [0.2, 0.25) is 0 Å². The van der Waals surface area contributed by atoms with E-state index in [-0.39, 0.29) is 18.7 Å². The van der Waals surface area contributed by atoms with E-state index in [4.69, 9.17) is 0 Å². The second-order valence-electron chi connectivity index (χ2n) is 7.72. The summed E-state index contributed by atoms with van der Waals surface area (Å²) in [5.74, 6) is -0.909. The third kappa shape index (κ3) is 11.0. The summed E-state index contributed by atoms with van der Waals surface area (Å²) in [6.45, 7) is 8.90. The predicted octanol–water partition coefficient (Wildman–Crippen LogP) is 9.31. The standard InChI is InChI=1S/C9H9BrF2.C9H10BrFO.C4H10F3NS/c2*1-9(2,12)8-6(10)4-3-5-7(8)11;1-3-8(4-2)9(5,6)7/h3-5H,1-2H3;3-5,12H,1-2H3;3-4H2,1-2H3. The van der Waals surface area contributed by atoms with Crippen molar-refractivity contribution >= 4 is 43.2 Å². The average Bonchev–Trinajstić information content (AvgIpc) is 2.60. The Morgan fingerprint density at radius 3 is 1.33 bits per heavy atom. The monoisotopic (exact) mass is 627 g/mol. The van der Waals surface area contributed by atoms with Crippen LogP contribution in [-0.2, 0) is 11.3 Å². The van der Waals surface area contributed by atoms with E-state index in [1.54, 1.807) is 32.0 Å². The molecule has 0 unspecified atom stereocenters. The van der Waals surface area contributed by atoms with E-state index >= 15 is 0 Å². The molecular formula is C22H29Br2F6NOS. The highest BCUT2D eigenvalue weighted by molar-refractivity contribution is 9.10. The molecule has 0 spiro atoms. The molecule has 0 aliphatic carbocycles. The van der Waals surface area contributed by atoms with Gasteiger partial charge in [0.2, 0.25) is 0 Å². The molecule has 11 heteroatoms. The van der Waals surface area contributed by atoms with Crippen LogP contribution in [0.1, 0.15) is 52.7 Å². The Morgan fingerprint density at radius 2 is 1.18 bits per heavy atom. The fraction of sp³-hybridized carbons (Fsp3) is 0.455. The average molecular weight is 629 g/mol. The lowest BCUT2D eigenvalue weighted by Gasteiger charge is -2.23. The maximum atomic E-state index is 13.4. The van der Waals surface area contributed by atoms with Gasteiger partial charge in [-0.1, -0.05) is 57.8 Å². The Kier molecular flexibility index (Phi) is 13.1. The van der Waals surface area contributed by atoms with Crippen LogP contribution >= 0.6 is 43.2 Å². The van der Waals surface area contributed by atoms with Crippen LogP contribution in [0.5, 0.6) is 0 Å². The number of hydrogen-bond donors (Lipinski definition) is 1. The summed E-state index contributed by atoms with van der Waals surface area (Å²) < 4.78 is 76.4. The van der Waals surface area contributed by atoms with Crippen LogP contribution in [0, 0.1) is 11.6 Å². The van der Waals surface area contributed by atoms with E-state index in [9.17, 15) is 29.9 Å². The summed E-state index contributed by atoms with van der Waals surface area (Å²) in [6, 6.07) is 9.04. The molecule has 0 aliphatic rings. The minimum Gasteiger partial charge on any atom is -0.386 e. The molecule has 0 fully saturated rings. The number of alkyl halides is 1. The van der Waals surface area contributed by atoms with Gasteiger partial charge in [0.15, 0.2) is 0 Å². The van der Waals surface area contributed by atoms with E-state index in [0.717, 1.165) is 0 Å². The van der Waals surface area contributed by atoms with E-state index < -0.39 is 34.3 Å². The van der Waals surface area contributed by atoms with Crippen molar-refractivity contribution in [1.82, 2.24) is 4.31 Å². The normalized spacial score (nSPS) is 12.5. The second kappa shape index (κ2) is 13.4. The number of benzene rings is 2. The van der Waals surface area contributed by atoms with Crippen molar-refractivity contribution in [2.24, 2.45) is 0 Å². The van der Waals surface area contributed by atoms with Gasteiger partial charge in [-0.25, -0.2) is 13.2 Å². The summed E-state index contributed by atoms with van der Waals surface area (Å²) in [7, 11) is 0. The van der Waals surface area contributed by atoms with Gasteiger partial charge < -0.3 is 5.11 Å². The van der Waals surface area contributed by atoms with Crippen LogP contribution in [0.3, 0.4) is 0 Å². The van der Waals surface area contributed by atoms with E-state index in [0.29, 0.717) is 18.8 Å². The smallest absolute Gasteiger partial charge is 0.278 e. The number of hydrogen-bond acceptors (Lipinski definition) is 2. The van der Waals surface area contributed by atoms with Gasteiger partial charge in [-0.05, 0) is 52.0 Å². The second-order valence-corrected chi connectivity index (χ2v) is 10.7. The SMILES string of the molecule is CC(C)(F)c1c(F)cccc1Br.CC(C)(O)c1c(F)cccc1Br.CCN(CC)S(F)(F)F. The van der Waals surface area contributed by atoms with Crippen molar-refractivity contribution in [2.75, 3.05) is 13.1 Å². The molecule has 2 aromatic carbocycles. The maximum absolute atomic E-state index is 13.4. The molecule has 2 aromatic rings. The molecule has 2 nitrogen and oxygen atoms in total. The van der Waals surface area contributed by atoms with Gasteiger partial charge in [-0.2, -0.15) is 4.31 Å². The van der Waals surface area contributed by atoms with Gasteiger partial charge >= 0.3 is 0 Å². The Bertz CT molecular complexity index is 777. The van der Waals surface area contributed by atoms with Crippen molar-refractivity contribution < 1.29 is 29.9 Å². The lowest BCUT2D eigenvalue weighted by Crippen LogP contribution is -2.19. The number of aliphatic hydroxyl groups is 1. The molecule has 0 aliphatic heterocycles.